The first-order chi connectivity index (χ1) is 15.0. The number of nitrogens with zero attached hydrogens (tertiary/aromatic N) is 3. The van der Waals surface area contributed by atoms with Crippen molar-refractivity contribution in [3.05, 3.63) is 82.5 Å². The van der Waals surface area contributed by atoms with E-state index < -0.39 is 5.82 Å². The zero-order valence-corrected chi connectivity index (χ0v) is 17.9. The van der Waals surface area contributed by atoms with E-state index in [1.165, 1.54) is 40.6 Å². The first kappa shape index (κ1) is 20.9. The maximum absolute atomic E-state index is 13.4. The average molecular weight is 437 g/mol. The van der Waals surface area contributed by atoms with Crippen LogP contribution in [0.2, 0.25) is 0 Å². The number of amides is 1. The SMILES string of the molecule is CCN(C(=O)CSc1nc2cc(C)[nH]c2c(=O)n1-c1ccc(F)cc1)c1ccccc1. The van der Waals surface area contributed by atoms with Crippen molar-refractivity contribution in [3.8, 4) is 5.69 Å². The number of nitrogens with one attached hydrogen (secondary N) is 1. The zero-order chi connectivity index (χ0) is 22.0. The number of carbonyl (C=O) groups excluding carboxylic acids is 1. The summed E-state index contributed by atoms with van der Waals surface area (Å²) < 4.78 is 14.8. The maximum atomic E-state index is 13.4. The Bertz CT molecular complexity index is 1280. The minimum atomic E-state index is -0.396. The molecule has 0 atom stereocenters. The van der Waals surface area contributed by atoms with E-state index in [4.69, 9.17) is 0 Å². The lowest BCUT2D eigenvalue weighted by atomic mass is 10.3. The lowest BCUT2D eigenvalue weighted by Crippen LogP contribution is -2.32. The van der Waals surface area contributed by atoms with Crippen LogP contribution >= 0.6 is 11.8 Å². The van der Waals surface area contributed by atoms with Gasteiger partial charge in [0.15, 0.2) is 5.16 Å². The molecule has 1 N–H and O–H groups in total. The Morgan fingerprint density at radius 3 is 2.55 bits per heavy atom. The van der Waals surface area contributed by atoms with Gasteiger partial charge in [-0.2, -0.15) is 0 Å². The van der Waals surface area contributed by atoms with Gasteiger partial charge in [-0.3, -0.25) is 14.2 Å². The molecule has 4 rings (SSSR count). The van der Waals surface area contributed by atoms with Crippen molar-refractivity contribution >= 4 is 34.4 Å². The van der Waals surface area contributed by atoms with Gasteiger partial charge in [0.25, 0.3) is 5.56 Å². The second kappa shape index (κ2) is 8.77. The smallest absolute Gasteiger partial charge is 0.283 e. The second-order valence-corrected chi connectivity index (χ2v) is 7.93. The van der Waals surface area contributed by atoms with E-state index in [2.05, 4.69) is 9.97 Å². The summed E-state index contributed by atoms with van der Waals surface area (Å²) in [6.45, 7) is 4.28. The highest BCUT2D eigenvalue weighted by atomic mass is 32.2. The fourth-order valence-corrected chi connectivity index (χ4v) is 4.30. The number of H-pyrrole nitrogens is 1. The highest BCUT2D eigenvalue weighted by molar-refractivity contribution is 7.99. The Kier molecular flexibility index (Phi) is 5.90. The van der Waals surface area contributed by atoms with Gasteiger partial charge in [-0.05, 0) is 56.3 Å². The number of thioether (sulfide) groups is 1. The molecule has 0 radical (unpaired) electrons. The number of halogens is 1. The van der Waals surface area contributed by atoms with E-state index in [-0.39, 0.29) is 17.2 Å². The normalized spacial score (nSPS) is 11.1. The van der Waals surface area contributed by atoms with Crippen LogP contribution in [0.5, 0.6) is 0 Å². The van der Waals surface area contributed by atoms with Crippen molar-refractivity contribution < 1.29 is 9.18 Å². The summed E-state index contributed by atoms with van der Waals surface area (Å²) in [6, 6.07) is 16.8. The van der Waals surface area contributed by atoms with Crippen molar-refractivity contribution in [1.29, 1.82) is 0 Å². The molecule has 0 aliphatic heterocycles. The van der Waals surface area contributed by atoms with Gasteiger partial charge in [0.1, 0.15) is 11.3 Å². The number of carbonyl (C=O) groups is 1. The van der Waals surface area contributed by atoms with Crippen molar-refractivity contribution in [2.45, 2.75) is 19.0 Å². The van der Waals surface area contributed by atoms with Gasteiger partial charge >= 0.3 is 0 Å². The largest absolute Gasteiger partial charge is 0.353 e. The van der Waals surface area contributed by atoms with Crippen molar-refractivity contribution in [1.82, 2.24) is 14.5 Å². The number of aromatic nitrogens is 3. The van der Waals surface area contributed by atoms with E-state index in [9.17, 15) is 14.0 Å². The third kappa shape index (κ3) is 4.25. The molecule has 2 heterocycles. The first-order valence-electron chi connectivity index (χ1n) is 9.84. The number of benzene rings is 2. The molecule has 0 fully saturated rings. The van der Waals surface area contributed by atoms with Crippen molar-refractivity contribution in [2.24, 2.45) is 0 Å². The molecule has 158 valence electrons. The minimum Gasteiger partial charge on any atom is -0.353 e. The standard InChI is InChI=1S/C23H21FN4O2S/c1-3-27(17-7-5-4-6-8-17)20(29)14-31-23-26-19-13-15(2)25-21(19)22(30)28(23)18-11-9-16(24)10-12-18/h4-13,25H,3,14H2,1-2H3. The van der Waals surface area contributed by atoms with Crippen LogP contribution in [-0.4, -0.2) is 32.7 Å². The van der Waals surface area contributed by atoms with E-state index in [0.717, 1.165) is 11.4 Å². The lowest BCUT2D eigenvalue weighted by Gasteiger charge is -2.21. The Labute approximate surface area is 182 Å². The molecule has 8 heteroatoms. The molecule has 2 aromatic heterocycles. The molecule has 0 unspecified atom stereocenters. The van der Waals surface area contributed by atoms with Crippen LogP contribution in [0.4, 0.5) is 10.1 Å². The van der Waals surface area contributed by atoms with Gasteiger partial charge in [0.2, 0.25) is 5.91 Å². The van der Waals surface area contributed by atoms with Crippen LogP contribution in [0.15, 0.2) is 70.6 Å². The third-order valence-corrected chi connectivity index (χ3v) is 5.77. The lowest BCUT2D eigenvalue weighted by molar-refractivity contribution is -0.116. The Morgan fingerprint density at radius 1 is 1.16 bits per heavy atom. The van der Waals surface area contributed by atoms with Crippen LogP contribution in [0.25, 0.3) is 16.7 Å². The molecular formula is C23H21FN4O2S. The fraction of sp³-hybridized carbons (Fsp3) is 0.174. The first-order valence-corrected chi connectivity index (χ1v) is 10.8. The number of hydrogen-bond donors (Lipinski definition) is 1. The predicted octanol–water partition coefficient (Wildman–Crippen LogP) is 4.31. The zero-order valence-electron chi connectivity index (χ0n) is 17.1. The maximum Gasteiger partial charge on any atom is 0.283 e. The van der Waals surface area contributed by atoms with Crippen molar-refractivity contribution in [2.75, 3.05) is 17.2 Å². The molecule has 0 saturated carbocycles. The summed E-state index contributed by atoms with van der Waals surface area (Å²) >= 11 is 1.18. The van der Waals surface area contributed by atoms with E-state index >= 15 is 0 Å². The number of anilines is 1. The van der Waals surface area contributed by atoms with Crippen LogP contribution in [0.1, 0.15) is 12.6 Å². The summed E-state index contributed by atoms with van der Waals surface area (Å²) in [7, 11) is 0. The predicted molar refractivity (Wildman–Crippen MR) is 122 cm³/mol. The Hall–Kier alpha value is -3.39. The molecule has 0 aliphatic rings. The molecule has 0 bridgehead atoms. The van der Waals surface area contributed by atoms with Crippen molar-refractivity contribution in [3.63, 3.8) is 0 Å². The third-order valence-electron chi connectivity index (χ3n) is 4.85. The summed E-state index contributed by atoms with van der Waals surface area (Å²) in [5.74, 6) is -0.387. The Balaban J connectivity index is 1.71. The number of aryl methyl sites for hydroxylation is 1. The molecule has 2 aromatic carbocycles. The molecule has 0 aliphatic carbocycles. The molecule has 1 amide bonds. The van der Waals surface area contributed by atoms with Crippen LogP contribution in [0, 0.1) is 12.7 Å². The van der Waals surface area contributed by atoms with E-state index in [1.807, 2.05) is 44.2 Å². The summed E-state index contributed by atoms with van der Waals surface area (Å²) in [5, 5.41) is 0.376. The van der Waals surface area contributed by atoms with Gasteiger partial charge < -0.3 is 9.88 Å². The quantitative estimate of drug-likeness (QED) is 0.361. The van der Waals surface area contributed by atoms with Gasteiger partial charge in [0, 0.05) is 17.9 Å². The number of fused-ring (bicyclic) bond motifs is 1. The van der Waals surface area contributed by atoms with E-state index in [1.54, 1.807) is 11.0 Å². The number of rotatable bonds is 6. The van der Waals surface area contributed by atoms with Crippen LogP contribution in [-0.2, 0) is 4.79 Å². The van der Waals surface area contributed by atoms with Gasteiger partial charge in [-0.1, -0.05) is 30.0 Å². The monoisotopic (exact) mass is 436 g/mol. The average Bonchev–Trinajstić information content (AvgIpc) is 3.15. The molecule has 0 saturated heterocycles. The van der Waals surface area contributed by atoms with E-state index in [0.29, 0.717) is 28.4 Å². The van der Waals surface area contributed by atoms with Crippen LogP contribution < -0.4 is 10.5 Å². The summed E-state index contributed by atoms with van der Waals surface area (Å²) in [6.07, 6.45) is 0. The minimum absolute atomic E-state index is 0.0936. The van der Waals surface area contributed by atoms with Crippen LogP contribution in [0.3, 0.4) is 0 Å². The number of para-hydroxylation sites is 1. The number of aromatic amines is 1. The highest BCUT2D eigenvalue weighted by Gasteiger charge is 2.19. The molecular weight excluding hydrogens is 415 g/mol. The Morgan fingerprint density at radius 2 is 1.87 bits per heavy atom. The van der Waals surface area contributed by atoms with Gasteiger partial charge in [-0.15, -0.1) is 0 Å². The summed E-state index contributed by atoms with van der Waals surface area (Å²) in [5.41, 5.74) is 2.72. The molecule has 4 aromatic rings. The molecule has 31 heavy (non-hydrogen) atoms. The fourth-order valence-electron chi connectivity index (χ4n) is 3.41. The van der Waals surface area contributed by atoms with Gasteiger partial charge in [-0.25, -0.2) is 9.37 Å². The highest BCUT2D eigenvalue weighted by Crippen LogP contribution is 2.23. The molecule has 6 nitrogen and oxygen atoms in total. The molecule has 0 spiro atoms. The van der Waals surface area contributed by atoms with Gasteiger partial charge in [0.05, 0.1) is 17.0 Å². The second-order valence-electron chi connectivity index (χ2n) is 6.99. The topological polar surface area (TPSA) is 71.0 Å². The number of hydrogen-bond acceptors (Lipinski definition) is 4. The summed E-state index contributed by atoms with van der Waals surface area (Å²) in [4.78, 5) is 35.5.